The van der Waals surface area contributed by atoms with Crippen LogP contribution in [0.1, 0.15) is 63.5 Å². The van der Waals surface area contributed by atoms with E-state index >= 15 is 0 Å². The molecule has 1 N–H and O–H groups in total. The fourth-order valence-corrected chi connectivity index (χ4v) is 4.47. The molecule has 0 spiro atoms. The Kier molecular flexibility index (Phi) is 7.13. The summed E-state index contributed by atoms with van der Waals surface area (Å²) in [6.07, 6.45) is 8.75. The molecule has 2 heterocycles. The van der Waals surface area contributed by atoms with Crippen LogP contribution in [-0.4, -0.2) is 53.2 Å². The van der Waals surface area contributed by atoms with Gasteiger partial charge in [0.15, 0.2) is 0 Å². The van der Waals surface area contributed by atoms with Crippen molar-refractivity contribution in [3.63, 3.8) is 0 Å². The van der Waals surface area contributed by atoms with E-state index in [1.54, 1.807) is 0 Å². The summed E-state index contributed by atoms with van der Waals surface area (Å²) >= 11 is 0. The Morgan fingerprint density at radius 1 is 0.923 bits per heavy atom. The molecular formula is C23H38N2O. The Labute approximate surface area is 160 Å². The number of aryl methyl sites for hydroxylation is 1. The highest BCUT2D eigenvalue weighted by atomic mass is 16.3. The third kappa shape index (κ3) is 6.68. The van der Waals surface area contributed by atoms with Crippen molar-refractivity contribution >= 4 is 0 Å². The monoisotopic (exact) mass is 358 g/mol. The second-order valence-electron chi connectivity index (χ2n) is 9.23. The summed E-state index contributed by atoms with van der Waals surface area (Å²) in [5, 5.41) is 9.88. The highest BCUT2D eigenvalue weighted by Gasteiger charge is 2.23. The van der Waals surface area contributed by atoms with Gasteiger partial charge >= 0.3 is 0 Å². The molecule has 2 aliphatic heterocycles. The third-order valence-corrected chi connectivity index (χ3v) is 6.02. The van der Waals surface area contributed by atoms with Crippen molar-refractivity contribution < 1.29 is 5.11 Å². The number of likely N-dealkylation sites (tertiary alicyclic amines) is 2. The second kappa shape index (κ2) is 9.34. The molecule has 2 aliphatic rings. The third-order valence-electron chi connectivity index (χ3n) is 6.02. The van der Waals surface area contributed by atoms with Gasteiger partial charge in [-0.1, -0.05) is 30.7 Å². The van der Waals surface area contributed by atoms with Gasteiger partial charge in [-0.2, -0.15) is 0 Å². The van der Waals surface area contributed by atoms with Gasteiger partial charge < -0.3 is 10.0 Å². The summed E-state index contributed by atoms with van der Waals surface area (Å²) in [5.41, 5.74) is 2.18. The maximum Gasteiger partial charge on any atom is 0.0594 e. The number of rotatable bonds is 7. The summed E-state index contributed by atoms with van der Waals surface area (Å²) < 4.78 is 0. The number of hydrogen-bond acceptors (Lipinski definition) is 3. The molecule has 146 valence electrons. The first-order chi connectivity index (χ1) is 12.5. The largest absolute Gasteiger partial charge is 0.390 e. The van der Waals surface area contributed by atoms with Crippen molar-refractivity contribution in [2.45, 2.75) is 70.9 Å². The molecule has 3 nitrogen and oxygen atoms in total. The molecule has 3 heteroatoms. The van der Waals surface area contributed by atoms with Crippen LogP contribution in [0.3, 0.4) is 0 Å². The molecule has 0 saturated carbocycles. The summed E-state index contributed by atoms with van der Waals surface area (Å²) in [6, 6.07) is 9.06. The van der Waals surface area contributed by atoms with Crippen LogP contribution >= 0.6 is 0 Å². The van der Waals surface area contributed by atoms with E-state index in [1.807, 2.05) is 13.8 Å². The van der Waals surface area contributed by atoms with Gasteiger partial charge in [-0.3, -0.25) is 4.90 Å². The van der Waals surface area contributed by atoms with E-state index in [-0.39, 0.29) is 0 Å². The Morgan fingerprint density at radius 2 is 1.58 bits per heavy atom. The van der Waals surface area contributed by atoms with Crippen molar-refractivity contribution in [3.8, 4) is 0 Å². The van der Waals surface area contributed by atoms with Gasteiger partial charge in [-0.05, 0) is 89.1 Å². The fraction of sp³-hybridized carbons (Fsp3) is 0.739. The molecule has 0 aromatic heterocycles. The first-order valence-corrected chi connectivity index (χ1v) is 10.7. The highest BCUT2D eigenvalue weighted by Crippen LogP contribution is 2.22. The minimum absolute atomic E-state index is 0.574. The number of benzene rings is 1. The summed E-state index contributed by atoms with van der Waals surface area (Å²) in [5.74, 6) is 0.855. The summed E-state index contributed by atoms with van der Waals surface area (Å²) in [7, 11) is 0. The smallest absolute Gasteiger partial charge is 0.0594 e. The lowest BCUT2D eigenvalue weighted by Gasteiger charge is -2.37. The SMILES string of the molecule is CC(C)(O)CCc1ccc(CN2CCC[C@@H](CN3CCCCC3)C2)cc1. The van der Waals surface area contributed by atoms with Crippen LogP contribution in [0, 0.1) is 5.92 Å². The van der Waals surface area contributed by atoms with Crippen molar-refractivity contribution in [2.24, 2.45) is 5.92 Å². The Bertz CT molecular complexity index is 528. The lowest BCUT2D eigenvalue weighted by molar-refractivity contribution is 0.0714. The Morgan fingerprint density at radius 3 is 2.27 bits per heavy atom. The van der Waals surface area contributed by atoms with Crippen molar-refractivity contribution in [1.29, 1.82) is 0 Å². The van der Waals surface area contributed by atoms with Crippen LogP contribution in [0.5, 0.6) is 0 Å². The normalized spacial score (nSPS) is 23.3. The maximum atomic E-state index is 9.88. The van der Waals surface area contributed by atoms with E-state index in [1.165, 1.54) is 76.0 Å². The van der Waals surface area contributed by atoms with Gasteiger partial charge in [-0.25, -0.2) is 0 Å². The van der Waals surface area contributed by atoms with E-state index in [0.717, 1.165) is 25.3 Å². The van der Waals surface area contributed by atoms with E-state index in [0.29, 0.717) is 0 Å². The molecule has 1 aromatic carbocycles. The van der Waals surface area contributed by atoms with Crippen LogP contribution in [0.4, 0.5) is 0 Å². The van der Waals surface area contributed by atoms with Crippen molar-refractivity contribution in [2.75, 3.05) is 32.7 Å². The van der Waals surface area contributed by atoms with Gasteiger partial charge in [-0.15, -0.1) is 0 Å². The Hall–Kier alpha value is -0.900. The van der Waals surface area contributed by atoms with Gasteiger partial charge in [0.25, 0.3) is 0 Å². The Balaban J connectivity index is 1.45. The highest BCUT2D eigenvalue weighted by molar-refractivity contribution is 5.22. The van der Waals surface area contributed by atoms with E-state index < -0.39 is 5.60 Å². The molecule has 1 atom stereocenters. The minimum atomic E-state index is -0.574. The van der Waals surface area contributed by atoms with Crippen LogP contribution in [0.15, 0.2) is 24.3 Å². The molecule has 1 aromatic rings. The predicted octanol–water partition coefficient (Wildman–Crippen LogP) is 4.09. The van der Waals surface area contributed by atoms with Crippen molar-refractivity contribution in [1.82, 2.24) is 9.80 Å². The predicted molar refractivity (Wildman–Crippen MR) is 109 cm³/mol. The first kappa shape index (κ1) is 19.9. The van der Waals surface area contributed by atoms with E-state index in [4.69, 9.17) is 0 Å². The quantitative estimate of drug-likeness (QED) is 0.795. The van der Waals surface area contributed by atoms with E-state index in [9.17, 15) is 5.11 Å². The molecule has 0 amide bonds. The van der Waals surface area contributed by atoms with Gasteiger partial charge in [0.2, 0.25) is 0 Å². The molecule has 0 aliphatic carbocycles. The van der Waals surface area contributed by atoms with Crippen LogP contribution < -0.4 is 0 Å². The molecule has 2 fully saturated rings. The first-order valence-electron chi connectivity index (χ1n) is 10.7. The summed E-state index contributed by atoms with van der Waals surface area (Å²) in [6.45, 7) is 11.3. The zero-order valence-electron chi connectivity index (χ0n) is 16.9. The van der Waals surface area contributed by atoms with E-state index in [2.05, 4.69) is 34.1 Å². The van der Waals surface area contributed by atoms with Crippen molar-refractivity contribution in [3.05, 3.63) is 35.4 Å². The molecular weight excluding hydrogens is 320 g/mol. The summed E-state index contributed by atoms with van der Waals surface area (Å²) in [4.78, 5) is 5.36. The average molecular weight is 359 g/mol. The minimum Gasteiger partial charge on any atom is -0.390 e. The van der Waals surface area contributed by atoms with Crippen LogP contribution in [-0.2, 0) is 13.0 Å². The maximum absolute atomic E-state index is 9.88. The van der Waals surface area contributed by atoms with Gasteiger partial charge in [0.05, 0.1) is 5.60 Å². The second-order valence-corrected chi connectivity index (χ2v) is 9.23. The standard InChI is InChI=1S/C23H38N2O/c1-23(2,26)13-12-20-8-10-21(11-9-20)17-25-16-6-7-22(19-25)18-24-14-4-3-5-15-24/h8-11,22,26H,3-7,12-19H2,1-2H3/t22-/m0/s1. The number of hydrogen-bond donors (Lipinski definition) is 1. The van der Waals surface area contributed by atoms with Gasteiger partial charge in [0, 0.05) is 19.6 Å². The topological polar surface area (TPSA) is 26.7 Å². The molecule has 0 unspecified atom stereocenters. The van der Waals surface area contributed by atoms with Crippen LogP contribution in [0.2, 0.25) is 0 Å². The molecule has 0 radical (unpaired) electrons. The lowest BCUT2D eigenvalue weighted by atomic mass is 9.95. The molecule has 2 saturated heterocycles. The molecule has 0 bridgehead atoms. The fourth-order valence-electron chi connectivity index (χ4n) is 4.47. The average Bonchev–Trinajstić information content (AvgIpc) is 2.62. The molecule has 3 rings (SSSR count). The number of aliphatic hydroxyl groups is 1. The number of piperidine rings is 2. The number of nitrogens with zero attached hydrogens (tertiary/aromatic N) is 2. The lowest BCUT2D eigenvalue weighted by Crippen LogP contribution is -2.42. The van der Waals surface area contributed by atoms with Gasteiger partial charge in [0.1, 0.15) is 0 Å². The zero-order valence-corrected chi connectivity index (χ0v) is 16.9. The molecule has 26 heavy (non-hydrogen) atoms. The zero-order chi connectivity index (χ0) is 18.4. The van der Waals surface area contributed by atoms with Crippen LogP contribution in [0.25, 0.3) is 0 Å².